The smallest absolute Gasteiger partial charge is 0.257 e. The minimum atomic E-state index is 0.0964. The summed E-state index contributed by atoms with van der Waals surface area (Å²) in [5.41, 5.74) is 0. The van der Waals surface area contributed by atoms with E-state index in [0.29, 0.717) is 18.0 Å². The monoisotopic (exact) mass is 363 g/mol. The Balaban J connectivity index is 1.52. The lowest BCUT2D eigenvalue weighted by molar-refractivity contribution is -0.0525. The molecule has 0 aliphatic carbocycles. The van der Waals surface area contributed by atoms with Crippen molar-refractivity contribution in [2.45, 2.75) is 45.9 Å². The molecule has 1 unspecified atom stereocenters. The lowest BCUT2D eigenvalue weighted by Crippen LogP contribution is -2.53. The minimum absolute atomic E-state index is 0.0964. The van der Waals surface area contributed by atoms with Crippen LogP contribution in [-0.2, 0) is 4.74 Å². The molecule has 1 atom stereocenters. The molecule has 0 saturated carbocycles. The van der Waals surface area contributed by atoms with Gasteiger partial charge in [-0.2, -0.15) is 0 Å². The molecule has 2 fully saturated rings. The Labute approximate surface area is 157 Å². The Morgan fingerprint density at radius 2 is 1.81 bits per heavy atom. The van der Waals surface area contributed by atoms with Crippen molar-refractivity contribution in [2.24, 2.45) is 0 Å². The van der Waals surface area contributed by atoms with E-state index in [0.717, 1.165) is 58.2 Å². The number of ether oxygens (including phenoxy) is 2. The zero-order valence-electron chi connectivity index (χ0n) is 16.6. The molecule has 0 aromatic carbocycles. The molecule has 0 radical (unpaired) electrons. The zero-order valence-corrected chi connectivity index (χ0v) is 16.6. The molecule has 2 aliphatic rings. The van der Waals surface area contributed by atoms with Crippen molar-refractivity contribution < 1.29 is 9.47 Å². The first kappa shape index (κ1) is 19.3. The zero-order chi connectivity index (χ0) is 18.5. The highest BCUT2D eigenvalue weighted by atomic mass is 16.5. The van der Waals surface area contributed by atoms with E-state index < -0.39 is 0 Å². The summed E-state index contributed by atoms with van der Waals surface area (Å²) in [5.74, 6) is 1.50. The van der Waals surface area contributed by atoms with Crippen LogP contribution in [0, 0.1) is 0 Å². The van der Waals surface area contributed by atoms with Crippen molar-refractivity contribution in [2.75, 3.05) is 57.3 Å². The van der Waals surface area contributed by atoms with E-state index in [1.807, 2.05) is 13.8 Å². The van der Waals surface area contributed by atoms with Gasteiger partial charge >= 0.3 is 0 Å². The van der Waals surface area contributed by atoms with E-state index in [1.54, 1.807) is 12.4 Å². The molecule has 0 spiro atoms. The van der Waals surface area contributed by atoms with E-state index in [2.05, 4.69) is 38.5 Å². The van der Waals surface area contributed by atoms with Crippen molar-refractivity contribution in [3.8, 4) is 5.88 Å². The highest BCUT2D eigenvalue weighted by molar-refractivity contribution is 5.48. The van der Waals surface area contributed by atoms with Crippen molar-refractivity contribution in [1.29, 1.82) is 0 Å². The van der Waals surface area contributed by atoms with Crippen LogP contribution in [0.4, 0.5) is 5.82 Å². The Hall–Kier alpha value is -1.44. The third-order valence-electron chi connectivity index (χ3n) is 5.03. The Morgan fingerprint density at radius 1 is 1.08 bits per heavy atom. The van der Waals surface area contributed by atoms with Crippen LogP contribution in [0.3, 0.4) is 0 Å². The average Bonchev–Trinajstić information content (AvgIpc) is 2.63. The van der Waals surface area contributed by atoms with Crippen LogP contribution in [0.5, 0.6) is 5.88 Å². The van der Waals surface area contributed by atoms with Crippen molar-refractivity contribution in [3.05, 3.63) is 12.4 Å². The summed E-state index contributed by atoms with van der Waals surface area (Å²) in [5, 5.41) is 0. The highest BCUT2D eigenvalue weighted by Crippen LogP contribution is 2.24. The summed E-state index contributed by atoms with van der Waals surface area (Å²) in [4.78, 5) is 16.2. The summed E-state index contributed by atoms with van der Waals surface area (Å²) < 4.78 is 11.8. The van der Waals surface area contributed by atoms with E-state index in [9.17, 15) is 0 Å². The van der Waals surface area contributed by atoms with Crippen LogP contribution in [0.1, 0.15) is 27.7 Å². The molecule has 7 heteroatoms. The molecular formula is C19H33N5O2. The lowest BCUT2D eigenvalue weighted by Gasteiger charge is -2.40. The molecule has 26 heavy (non-hydrogen) atoms. The second-order valence-corrected chi connectivity index (χ2v) is 7.72. The van der Waals surface area contributed by atoms with E-state index in [1.165, 1.54) is 0 Å². The Kier molecular flexibility index (Phi) is 6.67. The summed E-state index contributed by atoms with van der Waals surface area (Å²) in [7, 11) is 0. The van der Waals surface area contributed by atoms with Crippen molar-refractivity contribution in [3.63, 3.8) is 0 Å². The molecule has 1 aromatic rings. The van der Waals surface area contributed by atoms with Gasteiger partial charge in [0.05, 0.1) is 18.8 Å². The molecule has 3 heterocycles. The summed E-state index contributed by atoms with van der Waals surface area (Å²) in [6.45, 7) is 16.4. The second kappa shape index (κ2) is 8.97. The van der Waals surface area contributed by atoms with Gasteiger partial charge in [0.2, 0.25) is 0 Å². The quantitative estimate of drug-likeness (QED) is 0.759. The van der Waals surface area contributed by atoms with Gasteiger partial charge in [0, 0.05) is 64.2 Å². The van der Waals surface area contributed by atoms with Gasteiger partial charge in [-0.3, -0.25) is 9.80 Å². The van der Waals surface area contributed by atoms with Crippen LogP contribution >= 0.6 is 0 Å². The van der Waals surface area contributed by atoms with Gasteiger partial charge in [0.1, 0.15) is 0 Å². The predicted octanol–water partition coefficient (Wildman–Crippen LogP) is 1.49. The van der Waals surface area contributed by atoms with Crippen LogP contribution in [-0.4, -0.2) is 90.4 Å². The highest BCUT2D eigenvalue weighted by Gasteiger charge is 2.27. The van der Waals surface area contributed by atoms with Gasteiger partial charge in [-0.15, -0.1) is 0 Å². The average molecular weight is 364 g/mol. The van der Waals surface area contributed by atoms with Crippen LogP contribution in [0.2, 0.25) is 0 Å². The molecule has 0 bridgehead atoms. The standard InChI is InChI=1S/C19H33N5O2/c1-15(2)24-11-12-25-17(14-24)13-22-7-9-23(10-8-22)18-19(26-16(3)4)21-6-5-20-18/h5-6,15-17H,7-14H2,1-4H3. The number of hydrogen-bond acceptors (Lipinski definition) is 7. The maximum absolute atomic E-state index is 6.00. The van der Waals surface area contributed by atoms with Gasteiger partial charge in [0.25, 0.3) is 5.88 Å². The minimum Gasteiger partial charge on any atom is -0.472 e. The fraction of sp³-hybridized carbons (Fsp3) is 0.789. The van der Waals surface area contributed by atoms with Gasteiger partial charge in [-0.05, 0) is 27.7 Å². The first-order chi connectivity index (χ1) is 12.5. The van der Waals surface area contributed by atoms with E-state index in [4.69, 9.17) is 9.47 Å². The molecule has 0 amide bonds. The summed E-state index contributed by atoms with van der Waals surface area (Å²) in [6, 6.07) is 0.592. The fourth-order valence-electron chi connectivity index (χ4n) is 3.59. The second-order valence-electron chi connectivity index (χ2n) is 7.72. The van der Waals surface area contributed by atoms with Gasteiger partial charge < -0.3 is 14.4 Å². The third-order valence-corrected chi connectivity index (χ3v) is 5.03. The van der Waals surface area contributed by atoms with Gasteiger partial charge in [-0.25, -0.2) is 9.97 Å². The Morgan fingerprint density at radius 3 is 2.50 bits per heavy atom. The largest absolute Gasteiger partial charge is 0.472 e. The normalized spacial score (nSPS) is 23.0. The molecule has 3 rings (SSSR count). The summed E-state index contributed by atoms with van der Waals surface area (Å²) >= 11 is 0. The number of anilines is 1. The van der Waals surface area contributed by atoms with E-state index >= 15 is 0 Å². The number of nitrogens with zero attached hydrogens (tertiary/aromatic N) is 5. The maximum atomic E-state index is 6.00. The van der Waals surface area contributed by atoms with Crippen LogP contribution in [0.15, 0.2) is 12.4 Å². The van der Waals surface area contributed by atoms with Crippen molar-refractivity contribution >= 4 is 5.82 Å². The number of rotatable bonds is 6. The molecular weight excluding hydrogens is 330 g/mol. The first-order valence-corrected chi connectivity index (χ1v) is 9.83. The third kappa shape index (κ3) is 5.05. The van der Waals surface area contributed by atoms with Crippen LogP contribution < -0.4 is 9.64 Å². The van der Waals surface area contributed by atoms with Gasteiger partial charge in [-0.1, -0.05) is 0 Å². The molecule has 146 valence electrons. The number of piperazine rings is 1. The van der Waals surface area contributed by atoms with E-state index in [-0.39, 0.29) is 6.10 Å². The SMILES string of the molecule is CC(C)Oc1nccnc1N1CCN(CC2CN(C(C)C)CCO2)CC1. The summed E-state index contributed by atoms with van der Waals surface area (Å²) in [6.07, 6.45) is 3.84. The topological polar surface area (TPSA) is 54.0 Å². The first-order valence-electron chi connectivity index (χ1n) is 9.83. The maximum Gasteiger partial charge on any atom is 0.257 e. The number of hydrogen-bond donors (Lipinski definition) is 0. The Bertz CT molecular complexity index is 561. The fourth-order valence-corrected chi connectivity index (χ4v) is 3.59. The molecule has 2 aliphatic heterocycles. The van der Waals surface area contributed by atoms with Gasteiger partial charge in [0.15, 0.2) is 5.82 Å². The molecule has 0 N–H and O–H groups in total. The molecule has 7 nitrogen and oxygen atoms in total. The molecule has 2 saturated heterocycles. The predicted molar refractivity (Wildman–Crippen MR) is 103 cm³/mol. The van der Waals surface area contributed by atoms with Crippen LogP contribution in [0.25, 0.3) is 0 Å². The lowest BCUT2D eigenvalue weighted by atomic mass is 10.2. The van der Waals surface area contributed by atoms with Crippen molar-refractivity contribution in [1.82, 2.24) is 19.8 Å². The number of morpholine rings is 1. The number of aromatic nitrogens is 2. The molecule has 1 aromatic heterocycles.